The second kappa shape index (κ2) is 7.13. The molecule has 0 aromatic heterocycles. The van der Waals surface area contributed by atoms with Gasteiger partial charge in [0.15, 0.2) is 0 Å². The predicted molar refractivity (Wildman–Crippen MR) is 84.6 cm³/mol. The van der Waals surface area contributed by atoms with Crippen LogP contribution in [0.5, 0.6) is 5.75 Å². The van der Waals surface area contributed by atoms with E-state index in [1.807, 2.05) is 12.1 Å². The van der Waals surface area contributed by atoms with Crippen molar-refractivity contribution in [2.24, 2.45) is 11.8 Å². The smallest absolute Gasteiger partial charge is 0.133 e. The van der Waals surface area contributed by atoms with E-state index in [-0.39, 0.29) is 12.0 Å². The van der Waals surface area contributed by atoms with Gasteiger partial charge < -0.3 is 4.74 Å². The lowest BCUT2D eigenvalue weighted by molar-refractivity contribution is 0.0868. The fraction of sp³-hybridized carbons (Fsp3) is 0.588. The number of nitrogens with zero attached hydrogens (tertiary/aromatic N) is 1. The highest BCUT2D eigenvalue weighted by molar-refractivity contribution is 9.10. The van der Waals surface area contributed by atoms with Crippen LogP contribution in [-0.4, -0.2) is 6.10 Å². The molecule has 0 radical (unpaired) electrons. The van der Waals surface area contributed by atoms with Crippen LogP contribution < -0.4 is 4.74 Å². The first kappa shape index (κ1) is 15.4. The number of hydrogen-bond donors (Lipinski definition) is 0. The Morgan fingerprint density at radius 3 is 2.85 bits per heavy atom. The van der Waals surface area contributed by atoms with Crippen LogP contribution in [0, 0.1) is 30.1 Å². The van der Waals surface area contributed by atoms with E-state index in [0.717, 1.165) is 23.1 Å². The van der Waals surface area contributed by atoms with Crippen LogP contribution in [0.3, 0.4) is 0 Å². The van der Waals surface area contributed by atoms with Gasteiger partial charge in [0.2, 0.25) is 0 Å². The Morgan fingerprint density at radius 2 is 2.20 bits per heavy atom. The van der Waals surface area contributed by atoms with Gasteiger partial charge in [0.05, 0.1) is 16.5 Å². The third kappa shape index (κ3) is 3.76. The number of rotatable bonds is 4. The Morgan fingerprint density at radius 1 is 1.40 bits per heavy atom. The Balaban J connectivity index is 2.09. The quantitative estimate of drug-likeness (QED) is 0.753. The molecule has 0 bridgehead atoms. The molecule has 0 aliphatic heterocycles. The van der Waals surface area contributed by atoms with Crippen molar-refractivity contribution in [3.63, 3.8) is 0 Å². The van der Waals surface area contributed by atoms with Crippen LogP contribution in [0.1, 0.15) is 44.6 Å². The standard InChI is InChI=1S/C17H22BrNO/c1-3-4-13-6-7-14(11-19)17(10-13)20-16-8-5-12(2)9-15(16)18/h5,8-9,13-14,17H,3-4,6-7,10H2,1-2H3. The summed E-state index contributed by atoms with van der Waals surface area (Å²) in [5.41, 5.74) is 1.20. The molecule has 2 rings (SSSR count). The summed E-state index contributed by atoms with van der Waals surface area (Å²) in [5.74, 6) is 1.59. The van der Waals surface area contributed by atoms with Crippen LogP contribution in [0.2, 0.25) is 0 Å². The van der Waals surface area contributed by atoms with Crippen molar-refractivity contribution < 1.29 is 4.74 Å². The first-order valence-electron chi connectivity index (χ1n) is 7.46. The van der Waals surface area contributed by atoms with Gasteiger partial charge in [-0.3, -0.25) is 0 Å². The molecule has 0 N–H and O–H groups in total. The summed E-state index contributed by atoms with van der Waals surface area (Å²) >= 11 is 3.55. The number of aryl methyl sites for hydroxylation is 1. The van der Waals surface area contributed by atoms with Crippen molar-refractivity contribution in [3.8, 4) is 11.8 Å². The molecule has 1 fully saturated rings. The van der Waals surface area contributed by atoms with E-state index in [1.165, 1.54) is 24.8 Å². The molecule has 3 heteroatoms. The van der Waals surface area contributed by atoms with Gasteiger partial charge in [0.1, 0.15) is 11.9 Å². The highest BCUT2D eigenvalue weighted by Gasteiger charge is 2.32. The molecule has 3 atom stereocenters. The van der Waals surface area contributed by atoms with Crippen molar-refractivity contribution >= 4 is 15.9 Å². The van der Waals surface area contributed by atoms with E-state index in [9.17, 15) is 5.26 Å². The van der Waals surface area contributed by atoms with Crippen molar-refractivity contribution in [2.45, 2.75) is 52.1 Å². The highest BCUT2D eigenvalue weighted by Crippen LogP contribution is 2.36. The molecular formula is C17H22BrNO. The van der Waals surface area contributed by atoms with Gasteiger partial charge in [0.25, 0.3) is 0 Å². The van der Waals surface area contributed by atoms with Gasteiger partial charge >= 0.3 is 0 Å². The number of benzene rings is 1. The normalized spacial score (nSPS) is 26.0. The van der Waals surface area contributed by atoms with Gasteiger partial charge in [0, 0.05) is 0 Å². The number of halogens is 1. The van der Waals surface area contributed by atoms with E-state index in [0.29, 0.717) is 5.92 Å². The van der Waals surface area contributed by atoms with E-state index >= 15 is 0 Å². The molecule has 3 unspecified atom stereocenters. The van der Waals surface area contributed by atoms with Gasteiger partial charge in [-0.15, -0.1) is 0 Å². The number of nitriles is 1. The Kier molecular flexibility index (Phi) is 5.48. The fourth-order valence-electron chi connectivity index (χ4n) is 3.02. The van der Waals surface area contributed by atoms with Crippen molar-refractivity contribution in [1.29, 1.82) is 5.26 Å². The average molecular weight is 336 g/mol. The summed E-state index contributed by atoms with van der Waals surface area (Å²) in [7, 11) is 0. The minimum absolute atomic E-state index is 0.0244. The van der Waals surface area contributed by atoms with Crippen LogP contribution in [-0.2, 0) is 0 Å². The van der Waals surface area contributed by atoms with Crippen molar-refractivity contribution in [3.05, 3.63) is 28.2 Å². The van der Waals surface area contributed by atoms with Gasteiger partial charge in [-0.2, -0.15) is 5.26 Å². The third-order valence-electron chi connectivity index (χ3n) is 4.13. The molecule has 0 amide bonds. The van der Waals surface area contributed by atoms with Crippen LogP contribution in [0.4, 0.5) is 0 Å². The summed E-state index contributed by atoms with van der Waals surface area (Å²) in [5, 5.41) is 9.33. The summed E-state index contributed by atoms with van der Waals surface area (Å²) in [6.07, 6.45) is 5.63. The van der Waals surface area contributed by atoms with E-state index in [4.69, 9.17) is 4.74 Å². The summed E-state index contributed by atoms with van der Waals surface area (Å²) in [6, 6.07) is 8.53. The SMILES string of the molecule is CCCC1CCC(C#N)C(Oc2ccc(C)cc2Br)C1. The topological polar surface area (TPSA) is 33.0 Å². The van der Waals surface area contributed by atoms with Gasteiger partial charge in [-0.05, 0) is 65.7 Å². The monoisotopic (exact) mass is 335 g/mol. The molecule has 2 nitrogen and oxygen atoms in total. The van der Waals surface area contributed by atoms with Crippen LogP contribution >= 0.6 is 15.9 Å². The molecule has 1 saturated carbocycles. The molecule has 1 aliphatic carbocycles. The zero-order valence-electron chi connectivity index (χ0n) is 12.2. The fourth-order valence-corrected chi connectivity index (χ4v) is 3.61. The summed E-state index contributed by atoms with van der Waals surface area (Å²) in [6.45, 7) is 4.29. The molecule has 0 heterocycles. The van der Waals surface area contributed by atoms with Crippen LogP contribution in [0.25, 0.3) is 0 Å². The second-order valence-electron chi connectivity index (χ2n) is 5.79. The Bertz CT molecular complexity index is 494. The molecule has 1 aliphatic rings. The minimum Gasteiger partial charge on any atom is -0.488 e. The molecule has 0 spiro atoms. The zero-order chi connectivity index (χ0) is 14.5. The molecule has 1 aromatic rings. The molecule has 108 valence electrons. The number of ether oxygens (including phenoxy) is 1. The maximum atomic E-state index is 9.33. The van der Waals surface area contributed by atoms with Crippen molar-refractivity contribution in [2.75, 3.05) is 0 Å². The first-order valence-corrected chi connectivity index (χ1v) is 8.25. The highest BCUT2D eigenvalue weighted by atomic mass is 79.9. The van der Waals surface area contributed by atoms with Crippen molar-refractivity contribution in [1.82, 2.24) is 0 Å². The maximum absolute atomic E-state index is 9.33. The Hall–Kier alpha value is -1.01. The summed E-state index contributed by atoms with van der Waals surface area (Å²) in [4.78, 5) is 0. The van der Waals surface area contributed by atoms with Gasteiger partial charge in [-0.1, -0.05) is 25.8 Å². The lowest BCUT2D eigenvalue weighted by Crippen LogP contribution is -2.33. The maximum Gasteiger partial charge on any atom is 0.133 e. The van der Waals surface area contributed by atoms with E-state index < -0.39 is 0 Å². The van der Waals surface area contributed by atoms with E-state index in [2.05, 4.69) is 41.9 Å². The lowest BCUT2D eigenvalue weighted by Gasteiger charge is -2.33. The third-order valence-corrected chi connectivity index (χ3v) is 4.75. The average Bonchev–Trinajstić information content (AvgIpc) is 2.43. The van der Waals surface area contributed by atoms with E-state index in [1.54, 1.807) is 0 Å². The Labute approximate surface area is 130 Å². The lowest BCUT2D eigenvalue weighted by atomic mass is 9.78. The second-order valence-corrected chi connectivity index (χ2v) is 6.65. The molecule has 20 heavy (non-hydrogen) atoms. The van der Waals surface area contributed by atoms with Crippen LogP contribution in [0.15, 0.2) is 22.7 Å². The summed E-state index contributed by atoms with van der Waals surface area (Å²) < 4.78 is 7.13. The van der Waals surface area contributed by atoms with Gasteiger partial charge in [-0.25, -0.2) is 0 Å². The largest absolute Gasteiger partial charge is 0.488 e. The minimum atomic E-state index is 0.0244. The first-order chi connectivity index (χ1) is 9.63. The number of hydrogen-bond acceptors (Lipinski definition) is 2. The zero-order valence-corrected chi connectivity index (χ0v) is 13.8. The predicted octanol–water partition coefficient (Wildman–Crippen LogP) is 5.24. The molecular weight excluding hydrogens is 314 g/mol. The molecule has 0 saturated heterocycles. The molecule has 1 aromatic carbocycles.